The fraction of sp³-hybridized carbons (Fsp3) is 0.562. The summed E-state index contributed by atoms with van der Waals surface area (Å²) >= 11 is 0. The summed E-state index contributed by atoms with van der Waals surface area (Å²) in [5, 5.41) is 3.45. The lowest BCUT2D eigenvalue weighted by molar-refractivity contribution is -0.147. The van der Waals surface area contributed by atoms with E-state index in [0.717, 1.165) is 12.0 Å². The minimum atomic E-state index is -0.0863. The van der Waals surface area contributed by atoms with Crippen LogP contribution >= 0.6 is 12.4 Å². The van der Waals surface area contributed by atoms with Gasteiger partial charge in [-0.25, -0.2) is 0 Å². The van der Waals surface area contributed by atoms with Crippen LogP contribution in [-0.4, -0.2) is 18.1 Å². The zero-order valence-corrected chi connectivity index (χ0v) is 12.4. The quantitative estimate of drug-likeness (QED) is 0.871. The van der Waals surface area contributed by atoms with Crippen molar-refractivity contribution in [1.82, 2.24) is 5.32 Å². The van der Waals surface area contributed by atoms with Crippen molar-refractivity contribution in [3.8, 4) is 0 Å². The van der Waals surface area contributed by atoms with Gasteiger partial charge in [0.05, 0.1) is 0 Å². The van der Waals surface area contributed by atoms with E-state index in [-0.39, 0.29) is 24.4 Å². The smallest absolute Gasteiger partial charge is 0.323 e. The number of hydrogen-bond donors (Lipinski definition) is 1. The number of carbonyl (C=O) groups excluding carboxylic acids is 1. The van der Waals surface area contributed by atoms with E-state index in [9.17, 15) is 4.79 Å². The molecule has 1 saturated heterocycles. The second-order valence-electron chi connectivity index (χ2n) is 5.70. The van der Waals surface area contributed by atoms with Gasteiger partial charge in [-0.3, -0.25) is 4.79 Å². The molecule has 1 aliphatic heterocycles. The number of halogens is 1. The fourth-order valence-electron chi connectivity index (χ4n) is 3.33. The Morgan fingerprint density at radius 1 is 1.20 bits per heavy atom. The van der Waals surface area contributed by atoms with E-state index in [4.69, 9.17) is 4.74 Å². The number of rotatable bonds is 3. The highest BCUT2D eigenvalue weighted by Gasteiger charge is 2.38. The highest BCUT2D eigenvalue weighted by atomic mass is 35.5. The Labute approximate surface area is 126 Å². The third kappa shape index (κ3) is 3.53. The number of benzene rings is 1. The molecule has 110 valence electrons. The van der Waals surface area contributed by atoms with E-state index < -0.39 is 0 Å². The van der Waals surface area contributed by atoms with Gasteiger partial charge in [0.1, 0.15) is 12.6 Å². The number of hydrogen-bond acceptors (Lipinski definition) is 3. The summed E-state index contributed by atoms with van der Waals surface area (Å²) in [6.45, 7) is 0.382. The number of carbonyl (C=O) groups is 1. The lowest BCUT2D eigenvalue weighted by Gasteiger charge is -2.24. The fourth-order valence-corrected chi connectivity index (χ4v) is 3.33. The number of nitrogens with one attached hydrogen (secondary N) is 1. The molecule has 1 saturated carbocycles. The molecule has 20 heavy (non-hydrogen) atoms. The van der Waals surface area contributed by atoms with E-state index in [1.165, 1.54) is 25.7 Å². The molecule has 1 N–H and O–H groups in total. The third-order valence-electron chi connectivity index (χ3n) is 4.37. The van der Waals surface area contributed by atoms with Gasteiger partial charge in [0, 0.05) is 6.04 Å². The maximum absolute atomic E-state index is 12.1. The summed E-state index contributed by atoms with van der Waals surface area (Å²) in [5.41, 5.74) is 1.05. The summed E-state index contributed by atoms with van der Waals surface area (Å²) in [6, 6.07) is 10.3. The van der Waals surface area contributed by atoms with E-state index in [1.54, 1.807) is 0 Å². The Morgan fingerprint density at radius 2 is 1.95 bits per heavy atom. The molecule has 0 radical (unpaired) electrons. The van der Waals surface area contributed by atoms with Crippen LogP contribution in [0.5, 0.6) is 0 Å². The molecular weight excluding hydrogens is 274 g/mol. The lowest BCUT2D eigenvalue weighted by atomic mass is 9.85. The zero-order chi connectivity index (χ0) is 13.1. The van der Waals surface area contributed by atoms with Crippen molar-refractivity contribution in [2.24, 2.45) is 5.92 Å². The number of fused-ring (bicyclic) bond motifs is 1. The molecule has 2 aliphatic rings. The van der Waals surface area contributed by atoms with E-state index in [0.29, 0.717) is 18.6 Å². The lowest BCUT2D eigenvalue weighted by Crippen LogP contribution is -2.37. The SMILES string of the molecule is Cl.O=C(OCc1ccccc1)[C@H]1C[C@@H]2CCCC[C@@H]2N1. The van der Waals surface area contributed by atoms with Crippen LogP contribution in [-0.2, 0) is 16.1 Å². The Kier molecular flexibility index (Phi) is 5.44. The van der Waals surface area contributed by atoms with Gasteiger partial charge in [0.25, 0.3) is 0 Å². The van der Waals surface area contributed by atoms with Gasteiger partial charge in [-0.1, -0.05) is 43.2 Å². The van der Waals surface area contributed by atoms with Gasteiger partial charge in [0.2, 0.25) is 0 Å². The predicted octanol–water partition coefficient (Wildman–Crippen LogP) is 3.07. The normalized spacial score (nSPS) is 28.3. The average molecular weight is 296 g/mol. The number of esters is 1. The van der Waals surface area contributed by atoms with Crippen LogP contribution in [0.2, 0.25) is 0 Å². The van der Waals surface area contributed by atoms with Crippen molar-refractivity contribution in [2.75, 3.05) is 0 Å². The van der Waals surface area contributed by atoms with Crippen molar-refractivity contribution < 1.29 is 9.53 Å². The Hall–Kier alpha value is -1.06. The van der Waals surface area contributed by atoms with Crippen LogP contribution in [0.3, 0.4) is 0 Å². The molecule has 3 nitrogen and oxygen atoms in total. The van der Waals surface area contributed by atoms with Gasteiger partial charge in [-0.2, -0.15) is 0 Å². The van der Waals surface area contributed by atoms with Gasteiger partial charge in [-0.15, -0.1) is 12.4 Å². The highest BCUT2D eigenvalue weighted by Crippen LogP contribution is 2.33. The maximum atomic E-state index is 12.1. The first-order valence-corrected chi connectivity index (χ1v) is 7.29. The Bertz CT molecular complexity index is 423. The van der Waals surface area contributed by atoms with Gasteiger partial charge < -0.3 is 10.1 Å². The summed E-state index contributed by atoms with van der Waals surface area (Å²) in [5.74, 6) is 0.598. The topological polar surface area (TPSA) is 38.3 Å². The first-order chi connectivity index (χ1) is 9.33. The molecule has 0 spiro atoms. The second kappa shape index (κ2) is 7.09. The molecule has 3 rings (SSSR count). The van der Waals surface area contributed by atoms with Crippen LogP contribution in [0, 0.1) is 5.92 Å². The van der Waals surface area contributed by atoms with Crippen molar-refractivity contribution in [2.45, 2.75) is 50.8 Å². The van der Waals surface area contributed by atoms with Crippen LogP contribution < -0.4 is 5.32 Å². The maximum Gasteiger partial charge on any atom is 0.323 e. The average Bonchev–Trinajstić information content (AvgIpc) is 2.90. The molecule has 0 amide bonds. The second-order valence-corrected chi connectivity index (χ2v) is 5.70. The first-order valence-electron chi connectivity index (χ1n) is 7.29. The summed E-state index contributed by atoms with van der Waals surface area (Å²) in [7, 11) is 0. The number of ether oxygens (including phenoxy) is 1. The van der Waals surface area contributed by atoms with Crippen LogP contribution in [0.4, 0.5) is 0 Å². The Balaban J connectivity index is 0.00000147. The van der Waals surface area contributed by atoms with Crippen LogP contribution in [0.25, 0.3) is 0 Å². The molecule has 0 bridgehead atoms. The zero-order valence-electron chi connectivity index (χ0n) is 11.6. The van der Waals surface area contributed by atoms with E-state index in [2.05, 4.69) is 5.32 Å². The van der Waals surface area contributed by atoms with Crippen molar-refractivity contribution in [3.05, 3.63) is 35.9 Å². The van der Waals surface area contributed by atoms with E-state index in [1.807, 2.05) is 30.3 Å². The summed E-state index contributed by atoms with van der Waals surface area (Å²) in [6.07, 6.45) is 6.04. The van der Waals surface area contributed by atoms with Crippen LogP contribution in [0.15, 0.2) is 30.3 Å². The monoisotopic (exact) mass is 295 g/mol. The Morgan fingerprint density at radius 3 is 2.70 bits per heavy atom. The molecule has 1 aromatic rings. The molecule has 4 heteroatoms. The molecule has 3 atom stereocenters. The molecule has 1 heterocycles. The predicted molar refractivity (Wildman–Crippen MR) is 80.8 cm³/mol. The van der Waals surface area contributed by atoms with Crippen LogP contribution in [0.1, 0.15) is 37.7 Å². The first kappa shape index (κ1) is 15.3. The highest BCUT2D eigenvalue weighted by molar-refractivity contribution is 5.85. The van der Waals surface area contributed by atoms with Gasteiger partial charge >= 0.3 is 5.97 Å². The van der Waals surface area contributed by atoms with Gasteiger partial charge in [0.15, 0.2) is 0 Å². The van der Waals surface area contributed by atoms with Crippen molar-refractivity contribution in [3.63, 3.8) is 0 Å². The van der Waals surface area contributed by atoms with Crippen molar-refractivity contribution in [1.29, 1.82) is 0 Å². The molecule has 0 aromatic heterocycles. The molecule has 1 aliphatic carbocycles. The van der Waals surface area contributed by atoms with Crippen molar-refractivity contribution >= 4 is 18.4 Å². The molecular formula is C16H22ClNO2. The molecule has 1 aromatic carbocycles. The molecule has 0 unspecified atom stereocenters. The summed E-state index contributed by atoms with van der Waals surface area (Å²) < 4.78 is 5.42. The largest absolute Gasteiger partial charge is 0.460 e. The minimum Gasteiger partial charge on any atom is -0.460 e. The van der Waals surface area contributed by atoms with E-state index >= 15 is 0 Å². The van der Waals surface area contributed by atoms with Gasteiger partial charge in [-0.05, 0) is 30.7 Å². The minimum absolute atomic E-state index is 0. The summed E-state index contributed by atoms with van der Waals surface area (Å²) in [4.78, 5) is 12.1. The third-order valence-corrected chi connectivity index (χ3v) is 4.37. The standard InChI is InChI=1S/C16H21NO2.ClH/c18-16(19-11-12-6-2-1-3-7-12)15-10-13-8-4-5-9-14(13)17-15;/h1-3,6-7,13-15,17H,4-5,8-11H2;1H/t13-,14-,15+;/m0./s1. The molecule has 2 fully saturated rings.